The maximum absolute atomic E-state index is 13.4. The van der Waals surface area contributed by atoms with Crippen molar-refractivity contribution in [2.24, 2.45) is 0 Å². The number of hydrogen-bond donors (Lipinski definition) is 0. The molecule has 0 radical (unpaired) electrons. The van der Waals surface area contributed by atoms with Crippen LogP contribution >= 0.6 is 0 Å². The lowest BCUT2D eigenvalue weighted by atomic mass is 10.0. The molecule has 3 fully saturated rings. The molecule has 4 rings (SSSR count). The van der Waals surface area contributed by atoms with E-state index in [9.17, 15) is 4.79 Å². The minimum Gasteiger partial charge on any atom is -0.378 e. The number of likely N-dealkylation sites (N-methyl/N-ethyl adjacent to an activating group) is 1. The molecule has 0 N–H and O–H groups in total. The van der Waals surface area contributed by atoms with Crippen molar-refractivity contribution in [3.05, 3.63) is 23.9 Å². The van der Waals surface area contributed by atoms with Gasteiger partial charge in [0.1, 0.15) is 5.82 Å². The number of rotatable bonds is 3. The highest BCUT2D eigenvalue weighted by atomic mass is 16.5. The second kappa shape index (κ2) is 7.30. The minimum absolute atomic E-state index is 0.150. The summed E-state index contributed by atoms with van der Waals surface area (Å²) in [7, 11) is 2.20. The summed E-state index contributed by atoms with van der Waals surface area (Å²) in [4.78, 5) is 24.7. The quantitative estimate of drug-likeness (QED) is 0.834. The number of hydrogen-bond acceptors (Lipinski definition) is 5. The van der Waals surface area contributed by atoms with Crippen LogP contribution in [0.25, 0.3) is 0 Å². The Kier molecular flexibility index (Phi) is 4.90. The smallest absolute Gasteiger partial charge is 0.257 e. The largest absolute Gasteiger partial charge is 0.378 e. The third-order valence-corrected chi connectivity index (χ3v) is 5.91. The van der Waals surface area contributed by atoms with Crippen molar-refractivity contribution in [1.29, 1.82) is 0 Å². The SMILES string of the molecule is CN1CCC[C@@H]1[C@H]1CCCN1C(=O)c1cccnc1N1CCOCC1. The van der Waals surface area contributed by atoms with Gasteiger partial charge in [-0.25, -0.2) is 4.98 Å². The van der Waals surface area contributed by atoms with Gasteiger partial charge in [0.05, 0.1) is 18.8 Å². The number of anilines is 1. The van der Waals surface area contributed by atoms with Crippen LogP contribution in [0.1, 0.15) is 36.0 Å². The van der Waals surface area contributed by atoms with E-state index in [2.05, 4.69) is 26.7 Å². The van der Waals surface area contributed by atoms with Gasteiger partial charge in [-0.15, -0.1) is 0 Å². The molecule has 0 saturated carbocycles. The number of carbonyl (C=O) groups excluding carboxylic acids is 1. The Hall–Kier alpha value is -1.66. The molecule has 3 aliphatic heterocycles. The summed E-state index contributed by atoms with van der Waals surface area (Å²) in [5.74, 6) is 0.971. The van der Waals surface area contributed by atoms with Crippen molar-refractivity contribution in [3.63, 3.8) is 0 Å². The van der Waals surface area contributed by atoms with E-state index < -0.39 is 0 Å². The first-order chi connectivity index (χ1) is 12.3. The van der Waals surface area contributed by atoms with Gasteiger partial charge in [0.15, 0.2) is 0 Å². The maximum atomic E-state index is 13.4. The van der Waals surface area contributed by atoms with Gasteiger partial charge < -0.3 is 19.4 Å². The normalized spacial score (nSPS) is 27.9. The third-order valence-electron chi connectivity index (χ3n) is 5.91. The Morgan fingerprint density at radius 1 is 1.12 bits per heavy atom. The summed E-state index contributed by atoms with van der Waals surface area (Å²) < 4.78 is 5.45. The Balaban J connectivity index is 1.58. The van der Waals surface area contributed by atoms with Crippen molar-refractivity contribution in [3.8, 4) is 0 Å². The van der Waals surface area contributed by atoms with Crippen LogP contribution < -0.4 is 4.90 Å². The van der Waals surface area contributed by atoms with Gasteiger partial charge in [-0.05, 0) is 51.4 Å². The maximum Gasteiger partial charge on any atom is 0.257 e. The number of carbonyl (C=O) groups is 1. The number of nitrogens with zero attached hydrogens (tertiary/aromatic N) is 4. The summed E-state index contributed by atoms with van der Waals surface area (Å²) in [6.45, 7) is 5.01. The first kappa shape index (κ1) is 16.8. The van der Waals surface area contributed by atoms with E-state index in [1.807, 2.05) is 12.1 Å². The molecular formula is C19H28N4O2. The van der Waals surface area contributed by atoms with Crippen molar-refractivity contribution in [1.82, 2.24) is 14.8 Å². The molecule has 1 amide bonds. The predicted molar refractivity (Wildman–Crippen MR) is 97.0 cm³/mol. The van der Waals surface area contributed by atoms with Crippen LogP contribution in [0.3, 0.4) is 0 Å². The molecule has 3 aliphatic rings. The van der Waals surface area contributed by atoms with E-state index in [1.165, 1.54) is 12.8 Å². The molecule has 4 heterocycles. The van der Waals surface area contributed by atoms with Gasteiger partial charge in [-0.1, -0.05) is 0 Å². The lowest BCUT2D eigenvalue weighted by Crippen LogP contribution is -2.47. The molecule has 0 bridgehead atoms. The number of ether oxygens (including phenoxy) is 1. The van der Waals surface area contributed by atoms with Crippen molar-refractivity contribution >= 4 is 11.7 Å². The van der Waals surface area contributed by atoms with Gasteiger partial charge >= 0.3 is 0 Å². The molecule has 0 unspecified atom stereocenters. The Labute approximate surface area is 149 Å². The Bertz CT molecular complexity index is 617. The van der Waals surface area contributed by atoms with Gasteiger partial charge in [-0.3, -0.25) is 4.79 Å². The highest BCUT2D eigenvalue weighted by Crippen LogP contribution is 2.31. The zero-order chi connectivity index (χ0) is 17.2. The van der Waals surface area contributed by atoms with E-state index >= 15 is 0 Å². The minimum atomic E-state index is 0.150. The topological polar surface area (TPSA) is 48.9 Å². The fourth-order valence-electron chi connectivity index (χ4n) is 4.61. The molecule has 1 aromatic heterocycles. The Morgan fingerprint density at radius 3 is 2.64 bits per heavy atom. The summed E-state index contributed by atoms with van der Waals surface area (Å²) >= 11 is 0. The number of aromatic nitrogens is 1. The van der Waals surface area contributed by atoms with E-state index in [1.54, 1.807) is 6.20 Å². The van der Waals surface area contributed by atoms with Crippen LogP contribution in [-0.2, 0) is 4.74 Å². The van der Waals surface area contributed by atoms with Gasteiger partial charge in [0, 0.05) is 37.9 Å². The van der Waals surface area contributed by atoms with Crippen molar-refractivity contribution in [2.45, 2.75) is 37.8 Å². The summed E-state index contributed by atoms with van der Waals surface area (Å²) in [6.07, 6.45) is 6.45. The zero-order valence-corrected chi connectivity index (χ0v) is 15.1. The van der Waals surface area contributed by atoms with E-state index in [0.717, 1.165) is 50.4 Å². The average Bonchev–Trinajstić information content (AvgIpc) is 3.30. The van der Waals surface area contributed by atoms with E-state index in [-0.39, 0.29) is 5.91 Å². The van der Waals surface area contributed by atoms with Gasteiger partial charge in [0.25, 0.3) is 5.91 Å². The second-order valence-corrected chi connectivity index (χ2v) is 7.37. The molecule has 3 saturated heterocycles. The fraction of sp³-hybridized carbons (Fsp3) is 0.684. The lowest BCUT2D eigenvalue weighted by molar-refractivity contribution is 0.0663. The highest BCUT2D eigenvalue weighted by Gasteiger charge is 2.39. The number of amides is 1. The van der Waals surface area contributed by atoms with Crippen LogP contribution in [0.15, 0.2) is 18.3 Å². The molecule has 0 aromatic carbocycles. The average molecular weight is 344 g/mol. The zero-order valence-electron chi connectivity index (χ0n) is 15.1. The third kappa shape index (κ3) is 3.25. The van der Waals surface area contributed by atoms with E-state index in [4.69, 9.17) is 4.74 Å². The molecule has 25 heavy (non-hydrogen) atoms. The van der Waals surface area contributed by atoms with Crippen LogP contribution in [0.2, 0.25) is 0 Å². The van der Waals surface area contributed by atoms with E-state index in [0.29, 0.717) is 25.3 Å². The summed E-state index contributed by atoms with van der Waals surface area (Å²) in [5, 5.41) is 0. The molecule has 1 aromatic rings. The van der Waals surface area contributed by atoms with Crippen LogP contribution in [-0.4, -0.2) is 79.2 Å². The fourth-order valence-corrected chi connectivity index (χ4v) is 4.61. The lowest BCUT2D eigenvalue weighted by Gasteiger charge is -2.34. The second-order valence-electron chi connectivity index (χ2n) is 7.37. The monoisotopic (exact) mass is 344 g/mol. The standard InChI is InChI=1S/C19H28N4O2/c1-21-9-3-6-16(21)17-7-4-10-23(17)19(24)15-5-2-8-20-18(15)22-11-13-25-14-12-22/h2,5,8,16-17H,3-4,6-7,9-14H2,1H3/t16-,17-/m1/s1. The summed E-state index contributed by atoms with van der Waals surface area (Å²) in [6, 6.07) is 4.67. The Morgan fingerprint density at radius 2 is 1.88 bits per heavy atom. The molecule has 0 spiro atoms. The molecule has 6 nitrogen and oxygen atoms in total. The predicted octanol–water partition coefficient (Wildman–Crippen LogP) is 1.62. The van der Waals surface area contributed by atoms with Gasteiger partial charge in [-0.2, -0.15) is 0 Å². The first-order valence-electron chi connectivity index (χ1n) is 9.54. The number of pyridine rings is 1. The summed E-state index contributed by atoms with van der Waals surface area (Å²) in [5.41, 5.74) is 0.747. The first-order valence-corrected chi connectivity index (χ1v) is 9.54. The van der Waals surface area contributed by atoms with Crippen molar-refractivity contribution in [2.75, 3.05) is 51.3 Å². The molecule has 136 valence electrons. The molecule has 6 heteroatoms. The number of morpholine rings is 1. The van der Waals surface area contributed by atoms with Crippen LogP contribution in [0.5, 0.6) is 0 Å². The van der Waals surface area contributed by atoms with Crippen molar-refractivity contribution < 1.29 is 9.53 Å². The van der Waals surface area contributed by atoms with Crippen LogP contribution in [0.4, 0.5) is 5.82 Å². The van der Waals surface area contributed by atoms with Crippen LogP contribution in [0, 0.1) is 0 Å². The number of likely N-dealkylation sites (tertiary alicyclic amines) is 2. The molecule has 2 atom stereocenters. The molecule has 0 aliphatic carbocycles. The van der Waals surface area contributed by atoms with Gasteiger partial charge in [0.2, 0.25) is 0 Å². The highest BCUT2D eigenvalue weighted by molar-refractivity contribution is 5.99. The molecular weight excluding hydrogens is 316 g/mol.